The van der Waals surface area contributed by atoms with E-state index in [1.54, 1.807) is 19.2 Å². The molecule has 1 aromatic carbocycles. The van der Waals surface area contributed by atoms with Crippen molar-refractivity contribution < 1.29 is 31.6 Å². The molecule has 0 saturated heterocycles. The first-order chi connectivity index (χ1) is 10.0. The summed E-state index contributed by atoms with van der Waals surface area (Å²) in [5.74, 6) is 0.953. The van der Waals surface area contributed by atoms with Gasteiger partial charge in [0.25, 0.3) is 0 Å². The maximum absolute atomic E-state index is 9.41. The SMILES string of the molecule is COc1cc(O)cc(C(C)(C)C)c1.C[Si](C)(C)C1=[C-]CC=C1.Cl.Cl.[Ti]. The van der Waals surface area contributed by atoms with Gasteiger partial charge in [-0.3, -0.25) is 6.08 Å². The van der Waals surface area contributed by atoms with Crippen LogP contribution in [-0.4, -0.2) is 20.3 Å². The molecule has 2 rings (SSSR count). The summed E-state index contributed by atoms with van der Waals surface area (Å²) in [5.41, 5.74) is 1.11. The van der Waals surface area contributed by atoms with Crippen LogP contribution < -0.4 is 4.74 Å². The zero-order valence-electron chi connectivity index (χ0n) is 16.3. The minimum absolute atomic E-state index is 0. The van der Waals surface area contributed by atoms with Gasteiger partial charge in [0.05, 0.1) is 7.11 Å². The standard InChI is InChI=1S/C11H16O2.C8H13Si.2ClH.Ti/c1-11(2,3)8-5-9(12)7-10(6-8)13-4;1-9(2,3)8-6-4-5-7-8;;;/h5-7,12H,1-4H3;4,6H,5H2,1-3H3;2*1H;/q;-1;;;. The zero-order chi connectivity index (χ0) is 17.0. The van der Waals surface area contributed by atoms with Crippen LogP contribution in [0.25, 0.3) is 0 Å². The van der Waals surface area contributed by atoms with Gasteiger partial charge in [0.2, 0.25) is 0 Å². The third-order valence-corrected chi connectivity index (χ3v) is 5.46. The number of hydrogen-bond acceptors (Lipinski definition) is 2. The molecule has 0 heterocycles. The summed E-state index contributed by atoms with van der Waals surface area (Å²) >= 11 is 0. The van der Waals surface area contributed by atoms with Gasteiger partial charge in [-0.1, -0.05) is 40.4 Å². The van der Waals surface area contributed by atoms with Crippen LogP contribution in [0.2, 0.25) is 19.6 Å². The molecule has 0 amide bonds. The third kappa shape index (κ3) is 10.5. The molecule has 142 valence electrons. The Hall–Kier alpha value is -0.189. The van der Waals surface area contributed by atoms with Crippen LogP contribution >= 0.6 is 24.8 Å². The monoisotopic (exact) mass is 437 g/mol. The van der Waals surface area contributed by atoms with Crippen molar-refractivity contribution in [2.24, 2.45) is 0 Å². The van der Waals surface area contributed by atoms with E-state index >= 15 is 0 Å². The van der Waals surface area contributed by atoms with Crippen molar-refractivity contribution in [1.29, 1.82) is 0 Å². The van der Waals surface area contributed by atoms with Crippen molar-refractivity contribution in [2.45, 2.75) is 52.2 Å². The number of phenolic OH excluding ortho intramolecular Hbond substituents is 1. The summed E-state index contributed by atoms with van der Waals surface area (Å²) in [4.78, 5) is 0. The first kappa shape index (κ1) is 29.6. The van der Waals surface area contributed by atoms with Gasteiger partial charge in [-0.05, 0) is 23.1 Å². The minimum Gasteiger partial charge on any atom is -0.508 e. The summed E-state index contributed by atoms with van der Waals surface area (Å²) in [5, 5.41) is 10.9. The largest absolute Gasteiger partial charge is 0.508 e. The van der Waals surface area contributed by atoms with Crippen LogP contribution in [0.5, 0.6) is 11.5 Å². The van der Waals surface area contributed by atoms with Crippen LogP contribution in [0.3, 0.4) is 0 Å². The van der Waals surface area contributed by atoms with Gasteiger partial charge < -0.3 is 9.84 Å². The topological polar surface area (TPSA) is 29.5 Å². The summed E-state index contributed by atoms with van der Waals surface area (Å²) in [6, 6.07) is 5.32. The second-order valence-electron chi connectivity index (χ2n) is 7.62. The van der Waals surface area contributed by atoms with Crippen molar-refractivity contribution in [3.05, 3.63) is 47.2 Å². The normalized spacial score (nSPS) is 12.5. The molecule has 0 fully saturated rings. The van der Waals surface area contributed by atoms with Gasteiger partial charge in [0.15, 0.2) is 0 Å². The number of hydrogen-bond donors (Lipinski definition) is 1. The number of halogens is 2. The van der Waals surface area contributed by atoms with Gasteiger partial charge in [-0.2, -0.15) is 6.08 Å². The van der Waals surface area contributed by atoms with Crippen molar-refractivity contribution in [2.75, 3.05) is 7.11 Å². The number of benzene rings is 1. The van der Waals surface area contributed by atoms with E-state index in [-0.39, 0.29) is 57.7 Å². The van der Waals surface area contributed by atoms with E-state index in [0.29, 0.717) is 5.75 Å². The Kier molecular flexibility index (Phi) is 14.5. The van der Waals surface area contributed by atoms with Crippen molar-refractivity contribution in [3.63, 3.8) is 0 Å². The first-order valence-electron chi connectivity index (χ1n) is 7.70. The second kappa shape index (κ2) is 12.2. The number of ether oxygens (including phenoxy) is 1. The Bertz CT molecular complexity index is 574. The van der Waals surface area contributed by atoms with E-state index in [0.717, 1.165) is 12.0 Å². The van der Waals surface area contributed by atoms with Crippen LogP contribution in [0.4, 0.5) is 0 Å². The summed E-state index contributed by atoms with van der Waals surface area (Å²) in [6.45, 7) is 13.4. The van der Waals surface area contributed by atoms with E-state index in [1.807, 2.05) is 6.07 Å². The molecule has 0 aliphatic heterocycles. The van der Waals surface area contributed by atoms with E-state index in [1.165, 1.54) is 5.20 Å². The van der Waals surface area contributed by atoms with Crippen molar-refractivity contribution in [3.8, 4) is 11.5 Å². The average Bonchev–Trinajstić information content (AvgIpc) is 2.91. The maximum Gasteiger partial charge on any atom is 0.122 e. The molecule has 0 saturated carbocycles. The van der Waals surface area contributed by atoms with Crippen LogP contribution in [0.15, 0.2) is 35.5 Å². The molecular weight excluding hydrogens is 407 g/mol. The number of phenols is 1. The summed E-state index contributed by atoms with van der Waals surface area (Å²) < 4.78 is 5.07. The van der Waals surface area contributed by atoms with Gasteiger partial charge in [0, 0.05) is 35.9 Å². The predicted molar refractivity (Wildman–Crippen MR) is 112 cm³/mol. The van der Waals surface area contributed by atoms with E-state index in [9.17, 15) is 5.11 Å². The Morgan fingerprint density at radius 2 is 1.64 bits per heavy atom. The number of methoxy groups -OCH3 is 1. The fourth-order valence-electron chi connectivity index (χ4n) is 2.05. The summed E-state index contributed by atoms with van der Waals surface area (Å²) in [6.07, 6.45) is 8.82. The first-order valence-corrected chi connectivity index (χ1v) is 11.2. The Morgan fingerprint density at radius 1 is 1.08 bits per heavy atom. The molecule has 0 aromatic heterocycles. The molecule has 0 bridgehead atoms. The minimum atomic E-state index is -1.01. The van der Waals surface area contributed by atoms with Gasteiger partial charge in [-0.25, -0.2) is 11.3 Å². The molecule has 1 aliphatic carbocycles. The molecular formula is C19H31Cl2O2SiTi-. The molecule has 0 radical (unpaired) electrons. The van der Waals surface area contributed by atoms with Crippen molar-refractivity contribution in [1.82, 2.24) is 0 Å². The van der Waals surface area contributed by atoms with Crippen LogP contribution in [0.1, 0.15) is 32.8 Å². The molecule has 1 N–H and O–H groups in total. The molecule has 0 atom stereocenters. The predicted octanol–water partition coefficient (Wildman–Crippen LogP) is 6.09. The smallest absolute Gasteiger partial charge is 0.122 e. The Labute approximate surface area is 181 Å². The van der Waals surface area contributed by atoms with Crippen molar-refractivity contribution >= 4 is 32.9 Å². The maximum atomic E-state index is 9.41. The fraction of sp³-hybridized carbons (Fsp3) is 0.474. The van der Waals surface area contributed by atoms with Gasteiger partial charge >= 0.3 is 0 Å². The molecule has 1 aromatic rings. The molecule has 0 spiro atoms. The second-order valence-corrected chi connectivity index (χ2v) is 12.7. The van der Waals surface area contributed by atoms with Crippen LogP contribution in [-0.2, 0) is 27.1 Å². The quantitative estimate of drug-likeness (QED) is 0.447. The van der Waals surface area contributed by atoms with Gasteiger partial charge in [-0.15, -0.1) is 31.2 Å². The average molecular weight is 438 g/mol. The van der Waals surface area contributed by atoms with Gasteiger partial charge in [0.1, 0.15) is 11.5 Å². The van der Waals surface area contributed by atoms with Crippen LogP contribution in [0, 0.1) is 6.08 Å². The molecule has 1 aliphatic rings. The Morgan fingerprint density at radius 3 is 1.96 bits per heavy atom. The molecule has 0 unspecified atom stereocenters. The zero-order valence-corrected chi connectivity index (χ0v) is 20.5. The molecule has 2 nitrogen and oxygen atoms in total. The third-order valence-electron chi connectivity index (χ3n) is 3.50. The summed E-state index contributed by atoms with van der Waals surface area (Å²) in [7, 11) is 0.593. The fourth-order valence-corrected chi connectivity index (χ4v) is 3.30. The number of rotatable bonds is 2. The molecule has 6 heteroatoms. The van der Waals surface area contributed by atoms with E-state index in [4.69, 9.17) is 4.74 Å². The van der Waals surface area contributed by atoms with E-state index < -0.39 is 8.07 Å². The number of aromatic hydroxyl groups is 1. The number of allylic oxidation sites excluding steroid dienone is 4. The Balaban J connectivity index is -0.000000362. The molecule has 25 heavy (non-hydrogen) atoms. The van der Waals surface area contributed by atoms with E-state index in [2.05, 4.69) is 58.6 Å².